The molecule has 2 heterocycles. The summed E-state index contributed by atoms with van der Waals surface area (Å²) in [6.07, 6.45) is 1.18. The van der Waals surface area contributed by atoms with Gasteiger partial charge in [-0.1, -0.05) is 60.1 Å². The van der Waals surface area contributed by atoms with Gasteiger partial charge in [-0.05, 0) is 47.9 Å². The minimum atomic E-state index is -0.472. The highest BCUT2D eigenvalue weighted by Gasteiger charge is 2.49. The number of carbonyl (C=O) groups excluding carboxylic acids is 1. The third-order valence-electron chi connectivity index (χ3n) is 6.03. The lowest BCUT2D eigenvalue weighted by molar-refractivity contribution is -0.135. The maximum Gasteiger partial charge on any atom is 0.224 e. The van der Waals surface area contributed by atoms with Crippen molar-refractivity contribution in [1.29, 1.82) is 0 Å². The predicted molar refractivity (Wildman–Crippen MR) is 121 cm³/mol. The van der Waals surface area contributed by atoms with Gasteiger partial charge >= 0.3 is 0 Å². The maximum absolute atomic E-state index is 13.3. The smallest absolute Gasteiger partial charge is 0.224 e. The Morgan fingerprint density at radius 1 is 1.00 bits per heavy atom. The fourth-order valence-electron chi connectivity index (χ4n) is 4.46. The van der Waals surface area contributed by atoms with Gasteiger partial charge in [0.15, 0.2) is 0 Å². The zero-order chi connectivity index (χ0) is 20.6. The highest BCUT2D eigenvalue weighted by molar-refractivity contribution is 6.31. The van der Waals surface area contributed by atoms with Gasteiger partial charge < -0.3 is 10.2 Å². The van der Waals surface area contributed by atoms with E-state index in [0.29, 0.717) is 24.5 Å². The van der Waals surface area contributed by atoms with Crippen molar-refractivity contribution < 1.29 is 4.79 Å². The third-order valence-corrected chi connectivity index (χ3v) is 6.26. The Kier molecular flexibility index (Phi) is 4.80. The average molecular weight is 416 g/mol. The normalized spacial score (nSPS) is 20.2. The molecule has 4 nitrogen and oxygen atoms in total. The molecule has 3 aromatic carbocycles. The number of carbonyl (C=O) groups is 1. The van der Waals surface area contributed by atoms with Crippen molar-refractivity contribution in [3.05, 3.63) is 95.0 Å². The molecule has 150 valence electrons. The van der Waals surface area contributed by atoms with Crippen LogP contribution in [0.25, 0.3) is 0 Å². The minimum Gasteiger partial charge on any atom is -0.343 e. The molecule has 0 saturated carbocycles. The van der Waals surface area contributed by atoms with Crippen molar-refractivity contribution in [2.75, 3.05) is 11.9 Å². The van der Waals surface area contributed by atoms with E-state index in [9.17, 15) is 4.79 Å². The van der Waals surface area contributed by atoms with Crippen LogP contribution in [0.4, 0.5) is 11.4 Å². The number of aliphatic imine (C=N–C) groups is 1. The SMILES string of the molecule is O=C1CC2(CCN1Cc1ccccc1)C(Nc1ccccc1)=Nc1ccc(Cl)cc12. The van der Waals surface area contributed by atoms with Gasteiger partial charge in [0.05, 0.1) is 11.1 Å². The van der Waals surface area contributed by atoms with Crippen molar-refractivity contribution in [2.45, 2.75) is 24.8 Å². The third kappa shape index (κ3) is 3.37. The molecular weight excluding hydrogens is 394 g/mol. The van der Waals surface area contributed by atoms with Gasteiger partial charge in [0.2, 0.25) is 5.91 Å². The van der Waals surface area contributed by atoms with Gasteiger partial charge in [0, 0.05) is 30.2 Å². The van der Waals surface area contributed by atoms with E-state index in [4.69, 9.17) is 16.6 Å². The van der Waals surface area contributed by atoms with E-state index in [1.165, 1.54) is 0 Å². The van der Waals surface area contributed by atoms with E-state index in [1.807, 2.05) is 71.6 Å². The number of amides is 1. The van der Waals surface area contributed by atoms with Crippen LogP contribution in [0.15, 0.2) is 83.9 Å². The first-order valence-corrected chi connectivity index (χ1v) is 10.5. The molecule has 5 heteroatoms. The van der Waals surface area contributed by atoms with Crippen LogP contribution in [0.1, 0.15) is 24.0 Å². The van der Waals surface area contributed by atoms with Gasteiger partial charge in [0.25, 0.3) is 0 Å². The number of hydrogen-bond donors (Lipinski definition) is 1. The first kappa shape index (κ1) is 18.9. The molecule has 1 unspecified atom stereocenters. The summed E-state index contributed by atoms with van der Waals surface area (Å²) >= 11 is 6.34. The number of para-hydroxylation sites is 1. The van der Waals surface area contributed by atoms with Crippen molar-refractivity contribution in [3.63, 3.8) is 0 Å². The quantitative estimate of drug-likeness (QED) is 0.609. The Bertz CT molecular complexity index is 1110. The lowest BCUT2D eigenvalue weighted by atomic mass is 9.72. The highest BCUT2D eigenvalue weighted by Crippen LogP contribution is 2.48. The van der Waals surface area contributed by atoms with Crippen molar-refractivity contribution >= 4 is 34.7 Å². The number of benzene rings is 3. The number of likely N-dealkylation sites (tertiary alicyclic amines) is 1. The van der Waals surface area contributed by atoms with Gasteiger partial charge in [0.1, 0.15) is 5.84 Å². The maximum atomic E-state index is 13.3. The number of fused-ring (bicyclic) bond motifs is 2. The fraction of sp³-hybridized carbons (Fsp3) is 0.200. The predicted octanol–water partition coefficient (Wildman–Crippen LogP) is 5.56. The molecule has 0 bridgehead atoms. The van der Waals surface area contributed by atoms with Crippen LogP contribution < -0.4 is 5.32 Å². The second-order valence-corrected chi connectivity index (χ2v) is 8.36. The Morgan fingerprint density at radius 3 is 2.47 bits per heavy atom. The Balaban J connectivity index is 1.46. The molecule has 1 N–H and O–H groups in total. The van der Waals surface area contributed by atoms with Crippen LogP contribution in [-0.4, -0.2) is 23.2 Å². The largest absolute Gasteiger partial charge is 0.343 e. The van der Waals surface area contributed by atoms with E-state index in [-0.39, 0.29) is 5.91 Å². The summed E-state index contributed by atoms with van der Waals surface area (Å²) in [6.45, 7) is 1.31. The summed E-state index contributed by atoms with van der Waals surface area (Å²) in [7, 11) is 0. The molecule has 1 fully saturated rings. The minimum absolute atomic E-state index is 0.139. The summed E-state index contributed by atoms with van der Waals surface area (Å²) < 4.78 is 0. The molecule has 0 aromatic heterocycles. The van der Waals surface area contributed by atoms with Gasteiger partial charge in [-0.3, -0.25) is 4.79 Å². The summed E-state index contributed by atoms with van der Waals surface area (Å²) in [5.74, 6) is 0.971. The van der Waals surface area contributed by atoms with Gasteiger partial charge in [-0.15, -0.1) is 0 Å². The van der Waals surface area contributed by atoms with E-state index in [1.54, 1.807) is 0 Å². The summed E-state index contributed by atoms with van der Waals surface area (Å²) in [6, 6.07) is 25.9. The molecule has 3 aromatic rings. The summed E-state index contributed by atoms with van der Waals surface area (Å²) in [4.78, 5) is 20.1. The standard InChI is InChI=1S/C25H22ClN3O/c26-19-11-12-22-21(15-19)25(24(28-22)27-20-9-5-2-6-10-20)13-14-29(23(30)16-25)17-18-7-3-1-4-8-18/h1-12,15H,13-14,16-17H2,(H,27,28). The highest BCUT2D eigenvalue weighted by atomic mass is 35.5. The van der Waals surface area contributed by atoms with E-state index < -0.39 is 5.41 Å². The average Bonchev–Trinajstić information content (AvgIpc) is 3.04. The number of amidine groups is 1. The second kappa shape index (κ2) is 7.62. The lowest BCUT2D eigenvalue weighted by Gasteiger charge is -2.40. The number of hydrogen-bond acceptors (Lipinski definition) is 3. The molecular formula is C25H22ClN3O. The van der Waals surface area contributed by atoms with Crippen LogP contribution in [-0.2, 0) is 16.8 Å². The lowest BCUT2D eigenvalue weighted by Crippen LogP contribution is -2.50. The zero-order valence-corrected chi connectivity index (χ0v) is 17.3. The Hall–Kier alpha value is -3.11. The van der Waals surface area contributed by atoms with Crippen LogP contribution in [0.2, 0.25) is 5.02 Å². The molecule has 1 saturated heterocycles. The first-order chi connectivity index (χ1) is 14.6. The summed E-state index contributed by atoms with van der Waals surface area (Å²) in [5.41, 5.74) is 3.57. The second-order valence-electron chi connectivity index (χ2n) is 7.92. The van der Waals surface area contributed by atoms with E-state index in [0.717, 1.165) is 34.8 Å². The topological polar surface area (TPSA) is 44.7 Å². The molecule has 0 aliphatic carbocycles. The van der Waals surface area contributed by atoms with E-state index in [2.05, 4.69) is 17.4 Å². The van der Waals surface area contributed by atoms with Crippen LogP contribution in [0.3, 0.4) is 0 Å². The zero-order valence-electron chi connectivity index (χ0n) is 16.5. The molecule has 1 atom stereocenters. The van der Waals surface area contributed by atoms with E-state index >= 15 is 0 Å². The number of nitrogens with one attached hydrogen (secondary N) is 1. The monoisotopic (exact) mass is 415 g/mol. The molecule has 5 rings (SSSR count). The van der Waals surface area contributed by atoms with Gasteiger partial charge in [-0.2, -0.15) is 0 Å². The number of halogens is 1. The van der Waals surface area contributed by atoms with Crippen molar-refractivity contribution in [2.24, 2.45) is 4.99 Å². The number of anilines is 1. The molecule has 2 aliphatic rings. The molecule has 0 radical (unpaired) electrons. The first-order valence-electron chi connectivity index (χ1n) is 10.2. The Labute approximate surface area is 181 Å². The molecule has 1 amide bonds. The van der Waals surface area contributed by atoms with Crippen LogP contribution in [0, 0.1) is 0 Å². The summed E-state index contributed by atoms with van der Waals surface area (Å²) in [5, 5.41) is 4.16. The number of piperidine rings is 1. The molecule has 1 spiro atoms. The van der Waals surface area contributed by atoms with Crippen molar-refractivity contribution in [3.8, 4) is 0 Å². The Morgan fingerprint density at radius 2 is 1.73 bits per heavy atom. The van der Waals surface area contributed by atoms with Crippen LogP contribution >= 0.6 is 11.6 Å². The van der Waals surface area contributed by atoms with Crippen LogP contribution in [0.5, 0.6) is 0 Å². The molecule has 30 heavy (non-hydrogen) atoms. The fourth-order valence-corrected chi connectivity index (χ4v) is 4.63. The number of rotatable bonds is 3. The number of nitrogens with zero attached hydrogens (tertiary/aromatic N) is 2. The van der Waals surface area contributed by atoms with Crippen molar-refractivity contribution in [1.82, 2.24) is 4.90 Å². The van der Waals surface area contributed by atoms with Gasteiger partial charge in [-0.25, -0.2) is 4.99 Å². The molecule has 2 aliphatic heterocycles.